The number of fused-ring (bicyclic) bond motifs is 3. The molecule has 106 valence electrons. The summed E-state index contributed by atoms with van der Waals surface area (Å²) in [6, 6.07) is 7.56. The first-order chi connectivity index (χ1) is 9.70. The van der Waals surface area contributed by atoms with Crippen LogP contribution in [0.3, 0.4) is 0 Å². The Morgan fingerprint density at radius 3 is 3.05 bits per heavy atom. The van der Waals surface area contributed by atoms with Crippen LogP contribution in [-0.4, -0.2) is 29.7 Å². The molecule has 2 aliphatic rings. The molecular weight excluding hydrogens is 258 g/mol. The molecule has 1 aromatic rings. The molecule has 0 unspecified atom stereocenters. The normalized spacial score (nSPS) is 24.2. The molecule has 0 radical (unpaired) electrons. The molecule has 0 saturated carbocycles. The number of amides is 1. The summed E-state index contributed by atoms with van der Waals surface area (Å²) in [4.78, 5) is 29.0. The Hall–Kier alpha value is -1.88. The summed E-state index contributed by atoms with van der Waals surface area (Å²) < 4.78 is 5.59. The quantitative estimate of drug-likeness (QED) is 0.843. The van der Waals surface area contributed by atoms with Crippen molar-refractivity contribution < 1.29 is 19.2 Å². The van der Waals surface area contributed by atoms with Crippen molar-refractivity contribution in [3.05, 3.63) is 35.4 Å². The van der Waals surface area contributed by atoms with Gasteiger partial charge in [0.05, 0.1) is 6.10 Å². The summed E-state index contributed by atoms with van der Waals surface area (Å²) in [5.41, 5.74) is 2.16. The number of hydrogen-bond acceptors (Lipinski definition) is 4. The molecule has 20 heavy (non-hydrogen) atoms. The number of rotatable bonds is 3. The van der Waals surface area contributed by atoms with Crippen LogP contribution < -0.4 is 0 Å². The highest BCUT2D eigenvalue weighted by atomic mass is 16.7. The molecular formula is C15H17NO4. The Kier molecular flexibility index (Phi) is 3.44. The maximum atomic E-state index is 12.0. The number of hydroxylamine groups is 2. The van der Waals surface area contributed by atoms with Gasteiger partial charge in [0.1, 0.15) is 12.6 Å². The van der Waals surface area contributed by atoms with Gasteiger partial charge in [0, 0.05) is 12.8 Å². The van der Waals surface area contributed by atoms with E-state index in [1.54, 1.807) is 0 Å². The maximum Gasteiger partial charge on any atom is 0.332 e. The van der Waals surface area contributed by atoms with E-state index in [0.717, 1.165) is 17.5 Å². The predicted octanol–water partition coefficient (Wildman–Crippen LogP) is 1.77. The van der Waals surface area contributed by atoms with E-state index >= 15 is 0 Å². The van der Waals surface area contributed by atoms with Gasteiger partial charge in [-0.2, -0.15) is 5.06 Å². The lowest BCUT2D eigenvalue weighted by atomic mass is 10.1. The van der Waals surface area contributed by atoms with Gasteiger partial charge in [-0.15, -0.1) is 0 Å². The zero-order valence-electron chi connectivity index (χ0n) is 11.4. The molecule has 5 heteroatoms. The van der Waals surface area contributed by atoms with Crippen LogP contribution in [0, 0.1) is 0 Å². The zero-order chi connectivity index (χ0) is 14.1. The Bertz CT molecular complexity index is 542. The lowest BCUT2D eigenvalue weighted by Crippen LogP contribution is -2.48. The second-order valence-electron chi connectivity index (χ2n) is 5.13. The first-order valence-electron chi connectivity index (χ1n) is 6.93. The SMILES string of the molecule is CCCC(=O)ON1C(=O)CO[C@H]2Cc3ccccc3[C@H]21. The summed E-state index contributed by atoms with van der Waals surface area (Å²) in [6.07, 6.45) is 1.63. The van der Waals surface area contributed by atoms with Crippen molar-refractivity contribution in [1.29, 1.82) is 0 Å². The van der Waals surface area contributed by atoms with E-state index in [1.165, 1.54) is 5.06 Å². The van der Waals surface area contributed by atoms with Gasteiger partial charge < -0.3 is 9.57 Å². The van der Waals surface area contributed by atoms with Crippen LogP contribution in [0.2, 0.25) is 0 Å². The third-order valence-electron chi connectivity index (χ3n) is 3.72. The molecule has 5 nitrogen and oxygen atoms in total. The molecule has 2 atom stereocenters. The highest BCUT2D eigenvalue weighted by Crippen LogP contribution is 2.40. The number of carbonyl (C=O) groups is 2. The Morgan fingerprint density at radius 2 is 2.25 bits per heavy atom. The largest absolute Gasteiger partial charge is 0.365 e. The van der Waals surface area contributed by atoms with Crippen LogP contribution >= 0.6 is 0 Å². The molecule has 1 aliphatic heterocycles. The van der Waals surface area contributed by atoms with Crippen molar-refractivity contribution in [3.63, 3.8) is 0 Å². The summed E-state index contributed by atoms with van der Waals surface area (Å²) in [7, 11) is 0. The van der Waals surface area contributed by atoms with E-state index in [-0.39, 0.29) is 30.6 Å². The number of benzene rings is 1. The minimum absolute atomic E-state index is 0.0332. The van der Waals surface area contributed by atoms with E-state index in [1.807, 2.05) is 31.2 Å². The number of ether oxygens (including phenoxy) is 1. The third kappa shape index (κ3) is 2.18. The third-order valence-corrected chi connectivity index (χ3v) is 3.72. The van der Waals surface area contributed by atoms with Crippen LogP contribution in [0.25, 0.3) is 0 Å². The van der Waals surface area contributed by atoms with E-state index in [2.05, 4.69) is 0 Å². The Labute approximate surface area is 117 Å². The van der Waals surface area contributed by atoms with E-state index < -0.39 is 0 Å². The smallest absolute Gasteiger partial charge is 0.332 e. The monoisotopic (exact) mass is 275 g/mol. The predicted molar refractivity (Wildman–Crippen MR) is 70.5 cm³/mol. The number of nitrogens with zero attached hydrogens (tertiary/aromatic N) is 1. The molecule has 1 aliphatic carbocycles. The highest BCUT2D eigenvalue weighted by Gasteiger charge is 2.45. The molecule has 0 bridgehead atoms. The molecule has 0 spiro atoms. The topological polar surface area (TPSA) is 55.8 Å². The molecule has 1 aromatic carbocycles. The van der Waals surface area contributed by atoms with Crippen LogP contribution in [-0.2, 0) is 25.6 Å². The molecule has 1 fully saturated rings. The van der Waals surface area contributed by atoms with E-state index in [0.29, 0.717) is 12.8 Å². The van der Waals surface area contributed by atoms with Crippen molar-refractivity contribution in [1.82, 2.24) is 5.06 Å². The highest BCUT2D eigenvalue weighted by molar-refractivity contribution is 5.80. The van der Waals surface area contributed by atoms with Gasteiger partial charge in [0.2, 0.25) is 0 Å². The Morgan fingerprint density at radius 1 is 1.45 bits per heavy atom. The van der Waals surface area contributed by atoms with Gasteiger partial charge in [-0.25, -0.2) is 4.79 Å². The van der Waals surface area contributed by atoms with Crippen LogP contribution in [0.15, 0.2) is 24.3 Å². The van der Waals surface area contributed by atoms with Gasteiger partial charge in [0.25, 0.3) is 5.91 Å². The van der Waals surface area contributed by atoms with Crippen LogP contribution in [0.4, 0.5) is 0 Å². The number of hydrogen-bond donors (Lipinski definition) is 0. The molecule has 3 rings (SSSR count). The van der Waals surface area contributed by atoms with Gasteiger partial charge >= 0.3 is 5.97 Å². The first-order valence-corrected chi connectivity index (χ1v) is 6.93. The van der Waals surface area contributed by atoms with Gasteiger partial charge in [-0.05, 0) is 17.5 Å². The Balaban J connectivity index is 1.87. The van der Waals surface area contributed by atoms with Crippen molar-refractivity contribution >= 4 is 11.9 Å². The lowest BCUT2D eigenvalue weighted by molar-refractivity contribution is -0.233. The van der Waals surface area contributed by atoms with Gasteiger partial charge in [0.15, 0.2) is 0 Å². The summed E-state index contributed by atoms with van der Waals surface area (Å²) in [6.45, 7) is 1.87. The minimum Gasteiger partial charge on any atom is -0.365 e. The molecule has 0 aromatic heterocycles. The van der Waals surface area contributed by atoms with E-state index in [9.17, 15) is 9.59 Å². The standard InChI is InChI=1S/C15H17NO4/c1-2-5-14(18)20-16-13(17)9-19-12-8-10-6-3-4-7-11(10)15(12)16/h3-4,6-7,12,15H,2,5,8-9H2,1H3/t12-,15+/m0/s1. The second kappa shape index (κ2) is 5.25. The van der Waals surface area contributed by atoms with Gasteiger partial charge in [-0.3, -0.25) is 4.79 Å². The fourth-order valence-corrected chi connectivity index (χ4v) is 2.83. The van der Waals surface area contributed by atoms with Crippen LogP contribution in [0.1, 0.15) is 36.9 Å². The fraction of sp³-hybridized carbons (Fsp3) is 0.467. The molecule has 0 N–H and O–H groups in total. The molecule has 1 heterocycles. The van der Waals surface area contributed by atoms with E-state index in [4.69, 9.17) is 9.57 Å². The minimum atomic E-state index is -0.370. The lowest BCUT2D eigenvalue weighted by Gasteiger charge is -2.35. The maximum absolute atomic E-state index is 12.0. The number of morpholine rings is 1. The average Bonchev–Trinajstić information content (AvgIpc) is 2.81. The van der Waals surface area contributed by atoms with Crippen molar-refractivity contribution in [2.24, 2.45) is 0 Å². The van der Waals surface area contributed by atoms with Crippen molar-refractivity contribution in [3.8, 4) is 0 Å². The van der Waals surface area contributed by atoms with Crippen molar-refractivity contribution in [2.75, 3.05) is 6.61 Å². The van der Waals surface area contributed by atoms with Crippen molar-refractivity contribution in [2.45, 2.75) is 38.3 Å². The zero-order valence-corrected chi connectivity index (χ0v) is 11.4. The second-order valence-corrected chi connectivity index (χ2v) is 5.13. The molecule has 1 amide bonds. The average molecular weight is 275 g/mol. The summed E-state index contributed by atoms with van der Waals surface area (Å²) >= 11 is 0. The summed E-state index contributed by atoms with van der Waals surface area (Å²) in [5.74, 6) is -0.668. The van der Waals surface area contributed by atoms with Crippen LogP contribution in [0.5, 0.6) is 0 Å². The fourth-order valence-electron chi connectivity index (χ4n) is 2.83. The van der Waals surface area contributed by atoms with Gasteiger partial charge in [-0.1, -0.05) is 31.2 Å². The number of carbonyl (C=O) groups excluding carboxylic acids is 2. The first kappa shape index (κ1) is 13.1. The summed E-state index contributed by atoms with van der Waals surface area (Å²) in [5, 5.41) is 1.22. The molecule has 1 saturated heterocycles.